The molecule has 0 amide bonds. The van der Waals surface area contributed by atoms with Gasteiger partial charge in [-0.05, 0) is 69.0 Å². The first kappa shape index (κ1) is 19.1. The van der Waals surface area contributed by atoms with Crippen LogP contribution in [0.3, 0.4) is 0 Å². The summed E-state index contributed by atoms with van der Waals surface area (Å²) in [7, 11) is 0. The largest absolute Gasteiger partial charge is 0.416 e. The van der Waals surface area contributed by atoms with Gasteiger partial charge >= 0.3 is 6.18 Å². The van der Waals surface area contributed by atoms with Crippen molar-refractivity contribution in [3.05, 3.63) is 69.3 Å². The summed E-state index contributed by atoms with van der Waals surface area (Å²) in [6.45, 7) is 7.75. The summed E-state index contributed by atoms with van der Waals surface area (Å²) in [6.07, 6.45) is -4.24. The van der Waals surface area contributed by atoms with Crippen LogP contribution in [0, 0.1) is 46.3 Å². The first-order valence-corrected chi connectivity index (χ1v) is 7.01. The lowest BCUT2D eigenvalue weighted by Gasteiger charge is -2.14. The number of hydrogen-bond acceptors (Lipinski definition) is 0. The molecule has 0 saturated carbocycles. The molecule has 5 heteroatoms. The zero-order chi connectivity index (χ0) is 17.9. The molecule has 0 aliphatic carbocycles. The Kier molecular flexibility index (Phi) is 5.92. The van der Waals surface area contributed by atoms with Gasteiger partial charge in [0.25, 0.3) is 0 Å². The summed E-state index contributed by atoms with van der Waals surface area (Å²) in [6, 6.07) is 5.85. The average Bonchev–Trinajstić information content (AvgIpc) is 2.40. The van der Waals surface area contributed by atoms with Crippen LogP contribution in [0.4, 0.5) is 22.0 Å². The van der Waals surface area contributed by atoms with Crippen molar-refractivity contribution in [1.29, 1.82) is 0 Å². The predicted octanol–water partition coefficient (Wildman–Crippen LogP) is 6.21. The van der Waals surface area contributed by atoms with Crippen molar-refractivity contribution in [1.82, 2.24) is 0 Å². The van der Waals surface area contributed by atoms with Gasteiger partial charge in [0.05, 0.1) is 5.56 Å². The molecular weight excluding hydrogens is 311 g/mol. The molecule has 0 nitrogen and oxygen atoms in total. The number of rotatable bonds is 0. The number of benzene rings is 2. The highest BCUT2D eigenvalue weighted by molar-refractivity contribution is 5.40. The van der Waals surface area contributed by atoms with Crippen molar-refractivity contribution in [2.45, 2.75) is 40.8 Å². The van der Waals surface area contributed by atoms with E-state index in [1.54, 1.807) is 19.9 Å². The highest BCUT2D eigenvalue weighted by Gasteiger charge is 2.34. The fraction of sp³-hybridized carbons (Fsp3) is 0.333. The van der Waals surface area contributed by atoms with E-state index < -0.39 is 23.4 Å². The van der Waals surface area contributed by atoms with E-state index in [4.69, 9.17) is 0 Å². The van der Waals surface area contributed by atoms with Gasteiger partial charge in [-0.1, -0.05) is 12.1 Å². The molecule has 2 aromatic carbocycles. The molecule has 0 heterocycles. The lowest BCUT2D eigenvalue weighted by molar-refractivity contribution is -0.138. The average molecular weight is 330 g/mol. The monoisotopic (exact) mass is 330 g/mol. The lowest BCUT2D eigenvalue weighted by Crippen LogP contribution is -2.10. The molecule has 0 saturated heterocycles. The molecule has 23 heavy (non-hydrogen) atoms. The van der Waals surface area contributed by atoms with Gasteiger partial charge in [-0.15, -0.1) is 0 Å². The van der Waals surface area contributed by atoms with Crippen LogP contribution in [0.15, 0.2) is 24.3 Å². The third kappa shape index (κ3) is 4.78. The van der Waals surface area contributed by atoms with Crippen molar-refractivity contribution in [2.24, 2.45) is 0 Å². The summed E-state index contributed by atoms with van der Waals surface area (Å²) in [4.78, 5) is 0. The maximum atomic E-state index is 12.6. The number of alkyl halides is 3. The van der Waals surface area contributed by atoms with Crippen molar-refractivity contribution >= 4 is 0 Å². The summed E-state index contributed by atoms with van der Waals surface area (Å²) >= 11 is 0. The minimum absolute atomic E-state index is 0.0885. The third-order valence-electron chi connectivity index (χ3n) is 3.65. The second-order valence-corrected chi connectivity index (χ2v) is 5.55. The standard InChI is InChI=1S/C10H11F3.C8H8F2/c1-6-4-5-7(2)9(8(6)3)10(11,12)13;1-5-3-7(9)6(2)8(10)4-5/h4-5H,1-3H3;3-4H,1-2H3. The summed E-state index contributed by atoms with van der Waals surface area (Å²) in [5, 5.41) is 0. The van der Waals surface area contributed by atoms with Crippen molar-refractivity contribution < 1.29 is 22.0 Å². The molecule has 0 N–H and O–H groups in total. The van der Waals surface area contributed by atoms with Crippen molar-refractivity contribution in [2.75, 3.05) is 0 Å². The Hall–Kier alpha value is -1.91. The number of halogens is 5. The van der Waals surface area contributed by atoms with E-state index in [9.17, 15) is 22.0 Å². The minimum atomic E-state index is -4.24. The Labute approximate surface area is 133 Å². The second kappa shape index (κ2) is 7.11. The van der Waals surface area contributed by atoms with E-state index in [1.807, 2.05) is 0 Å². The van der Waals surface area contributed by atoms with E-state index >= 15 is 0 Å². The molecule has 0 radical (unpaired) electrons. The van der Waals surface area contributed by atoms with Gasteiger partial charge in [-0.25, -0.2) is 8.78 Å². The smallest absolute Gasteiger partial charge is 0.207 e. The Bertz CT molecular complexity index is 676. The highest BCUT2D eigenvalue weighted by Crippen LogP contribution is 2.35. The molecule has 0 bridgehead atoms. The van der Waals surface area contributed by atoms with Crippen LogP contribution < -0.4 is 0 Å². The molecule has 0 unspecified atom stereocenters. The second-order valence-electron chi connectivity index (χ2n) is 5.55. The Morgan fingerprint density at radius 3 is 1.52 bits per heavy atom. The van der Waals surface area contributed by atoms with E-state index in [-0.39, 0.29) is 11.1 Å². The van der Waals surface area contributed by atoms with Crippen LogP contribution in [0.5, 0.6) is 0 Å². The van der Waals surface area contributed by atoms with E-state index in [0.717, 1.165) is 0 Å². The number of aryl methyl sites for hydroxylation is 3. The molecule has 2 aromatic rings. The van der Waals surface area contributed by atoms with Gasteiger partial charge < -0.3 is 0 Å². The molecule has 0 aliphatic rings. The molecule has 2 rings (SSSR count). The fourth-order valence-corrected chi connectivity index (χ4v) is 2.16. The van der Waals surface area contributed by atoms with E-state index in [0.29, 0.717) is 16.7 Å². The van der Waals surface area contributed by atoms with Crippen molar-refractivity contribution in [3.63, 3.8) is 0 Å². The zero-order valence-corrected chi connectivity index (χ0v) is 13.7. The molecule has 0 atom stereocenters. The Morgan fingerprint density at radius 1 is 0.696 bits per heavy atom. The third-order valence-corrected chi connectivity index (χ3v) is 3.65. The first-order valence-electron chi connectivity index (χ1n) is 7.01. The number of hydrogen-bond donors (Lipinski definition) is 0. The SMILES string of the molecule is Cc1cc(F)c(C)c(F)c1.Cc1ccc(C)c(C(F)(F)F)c1C. The van der Waals surface area contributed by atoms with Crippen LogP contribution in [0.25, 0.3) is 0 Å². The molecular formula is C18H19F5. The van der Waals surface area contributed by atoms with Crippen LogP contribution in [0.2, 0.25) is 0 Å². The minimum Gasteiger partial charge on any atom is -0.207 e. The van der Waals surface area contributed by atoms with Crippen LogP contribution in [-0.2, 0) is 6.18 Å². The van der Waals surface area contributed by atoms with E-state index in [2.05, 4.69) is 0 Å². The molecule has 0 spiro atoms. The molecule has 0 fully saturated rings. The fourth-order valence-electron chi connectivity index (χ4n) is 2.16. The van der Waals surface area contributed by atoms with Gasteiger partial charge in [0.2, 0.25) is 0 Å². The highest BCUT2D eigenvalue weighted by atomic mass is 19.4. The zero-order valence-electron chi connectivity index (χ0n) is 13.7. The summed E-state index contributed by atoms with van der Waals surface area (Å²) in [5.74, 6) is -0.949. The summed E-state index contributed by atoms with van der Waals surface area (Å²) in [5.41, 5.74) is 1.50. The van der Waals surface area contributed by atoms with Gasteiger partial charge in [-0.2, -0.15) is 13.2 Å². The Balaban J connectivity index is 0.000000238. The molecule has 126 valence electrons. The normalized spacial score (nSPS) is 11.0. The Morgan fingerprint density at radius 2 is 1.13 bits per heavy atom. The molecule has 0 aromatic heterocycles. The summed E-state index contributed by atoms with van der Waals surface area (Å²) < 4.78 is 62.7. The predicted molar refractivity (Wildman–Crippen MR) is 81.5 cm³/mol. The van der Waals surface area contributed by atoms with Crippen molar-refractivity contribution in [3.8, 4) is 0 Å². The van der Waals surface area contributed by atoms with Gasteiger partial charge in [0.1, 0.15) is 11.6 Å². The topological polar surface area (TPSA) is 0 Å². The lowest BCUT2D eigenvalue weighted by atomic mass is 9.98. The molecule has 0 aliphatic heterocycles. The van der Waals surface area contributed by atoms with Gasteiger partial charge in [0, 0.05) is 5.56 Å². The quantitative estimate of drug-likeness (QED) is 0.504. The van der Waals surface area contributed by atoms with Gasteiger partial charge in [0.15, 0.2) is 0 Å². The first-order chi connectivity index (χ1) is 10.4. The van der Waals surface area contributed by atoms with Gasteiger partial charge in [-0.3, -0.25) is 0 Å². The van der Waals surface area contributed by atoms with Crippen LogP contribution in [-0.4, -0.2) is 0 Å². The van der Waals surface area contributed by atoms with E-state index in [1.165, 1.54) is 39.0 Å². The van der Waals surface area contributed by atoms with Crippen LogP contribution in [0.1, 0.15) is 33.4 Å². The van der Waals surface area contributed by atoms with Crippen LogP contribution >= 0.6 is 0 Å². The maximum absolute atomic E-state index is 12.6. The maximum Gasteiger partial charge on any atom is 0.416 e.